The van der Waals surface area contributed by atoms with Crippen LogP contribution in [0.3, 0.4) is 0 Å². The van der Waals surface area contributed by atoms with Crippen molar-refractivity contribution in [2.24, 2.45) is 0 Å². The van der Waals surface area contributed by atoms with Gasteiger partial charge in [-0.3, -0.25) is 4.79 Å². The van der Waals surface area contributed by atoms with E-state index in [2.05, 4.69) is 21.2 Å². The lowest BCUT2D eigenvalue weighted by Gasteiger charge is -2.17. The Morgan fingerprint density at radius 3 is 2.46 bits per heavy atom. The third-order valence-corrected chi connectivity index (χ3v) is 5.94. The fraction of sp³-hybridized carbons (Fsp3) is 0.188. The van der Waals surface area contributed by atoms with Gasteiger partial charge in [0.15, 0.2) is 0 Å². The maximum absolute atomic E-state index is 12.5. The summed E-state index contributed by atoms with van der Waals surface area (Å²) in [4.78, 5) is 12.3. The van der Waals surface area contributed by atoms with Crippen molar-refractivity contribution in [3.8, 4) is 0 Å². The second-order valence-corrected chi connectivity index (χ2v) is 8.62. The highest BCUT2D eigenvalue weighted by Gasteiger charge is 2.23. The predicted molar refractivity (Wildman–Crippen MR) is 98.8 cm³/mol. The van der Waals surface area contributed by atoms with E-state index in [9.17, 15) is 13.2 Å². The van der Waals surface area contributed by atoms with Crippen LogP contribution in [0.1, 0.15) is 5.56 Å². The van der Waals surface area contributed by atoms with Gasteiger partial charge in [0.1, 0.15) is 0 Å². The van der Waals surface area contributed by atoms with E-state index in [0.717, 1.165) is 14.3 Å². The quantitative estimate of drug-likeness (QED) is 0.785. The Balaban J connectivity index is 2.10. The van der Waals surface area contributed by atoms with Crippen LogP contribution < -0.4 is 5.32 Å². The first-order valence-corrected chi connectivity index (χ1v) is 9.59. The van der Waals surface area contributed by atoms with Crippen LogP contribution in [0, 0.1) is 6.92 Å². The molecule has 0 saturated carbocycles. The number of halogens is 2. The Labute approximate surface area is 154 Å². The molecule has 8 heteroatoms. The molecule has 0 aliphatic heterocycles. The molecule has 0 aliphatic rings. The summed E-state index contributed by atoms with van der Waals surface area (Å²) in [5.74, 6) is -0.441. The number of benzene rings is 2. The number of rotatable bonds is 5. The predicted octanol–water partition coefficient (Wildman–Crippen LogP) is 3.67. The molecule has 2 aromatic rings. The molecule has 0 aliphatic carbocycles. The minimum absolute atomic E-state index is 0.125. The number of likely N-dealkylation sites (N-methyl/N-ethyl adjacent to an activating group) is 1. The summed E-state index contributed by atoms with van der Waals surface area (Å²) in [6.07, 6.45) is 0. The van der Waals surface area contributed by atoms with Crippen molar-refractivity contribution < 1.29 is 13.2 Å². The first-order chi connectivity index (χ1) is 11.2. The van der Waals surface area contributed by atoms with Crippen molar-refractivity contribution in [2.75, 3.05) is 18.9 Å². The summed E-state index contributed by atoms with van der Waals surface area (Å²) >= 11 is 9.17. The zero-order valence-electron chi connectivity index (χ0n) is 13.1. The number of sulfonamides is 1. The van der Waals surface area contributed by atoms with Crippen LogP contribution in [-0.2, 0) is 14.8 Å². The first-order valence-electron chi connectivity index (χ1n) is 6.98. The zero-order valence-corrected chi connectivity index (χ0v) is 16.2. The largest absolute Gasteiger partial charge is 0.325 e. The standard InChI is InChI=1S/C16H16BrClN2O3S/c1-11-3-6-13(18)9-15(11)19-16(21)10-20(2)24(22,23)14-7-4-12(17)5-8-14/h3-9H,10H2,1-2H3,(H,19,21). The molecule has 2 rings (SSSR count). The summed E-state index contributed by atoms with van der Waals surface area (Å²) in [5.41, 5.74) is 1.40. The molecule has 0 saturated heterocycles. The van der Waals surface area contributed by atoms with Crippen LogP contribution in [0.4, 0.5) is 5.69 Å². The Bertz CT molecular complexity index is 854. The van der Waals surface area contributed by atoms with E-state index < -0.39 is 15.9 Å². The molecule has 1 amide bonds. The lowest BCUT2D eigenvalue weighted by Crippen LogP contribution is -2.35. The normalized spacial score (nSPS) is 11.5. The molecule has 2 aromatic carbocycles. The van der Waals surface area contributed by atoms with Crippen LogP contribution in [-0.4, -0.2) is 32.2 Å². The monoisotopic (exact) mass is 430 g/mol. The van der Waals surface area contributed by atoms with Crippen LogP contribution in [0.15, 0.2) is 51.8 Å². The van der Waals surface area contributed by atoms with E-state index >= 15 is 0 Å². The molecule has 0 fully saturated rings. The van der Waals surface area contributed by atoms with Gasteiger partial charge in [-0.2, -0.15) is 4.31 Å². The van der Waals surface area contributed by atoms with Gasteiger partial charge in [-0.1, -0.05) is 33.6 Å². The maximum atomic E-state index is 12.5. The molecule has 0 aromatic heterocycles. The highest BCUT2D eigenvalue weighted by molar-refractivity contribution is 9.10. The van der Waals surface area contributed by atoms with Crippen molar-refractivity contribution in [1.29, 1.82) is 0 Å². The number of nitrogens with one attached hydrogen (secondary N) is 1. The average Bonchev–Trinajstić information content (AvgIpc) is 2.51. The minimum Gasteiger partial charge on any atom is -0.325 e. The number of aryl methyl sites for hydroxylation is 1. The van der Waals surface area contributed by atoms with Crippen molar-refractivity contribution in [3.05, 3.63) is 57.5 Å². The van der Waals surface area contributed by atoms with Gasteiger partial charge in [0, 0.05) is 22.2 Å². The number of carbonyl (C=O) groups is 1. The Morgan fingerprint density at radius 2 is 1.83 bits per heavy atom. The van der Waals surface area contributed by atoms with Gasteiger partial charge in [0.2, 0.25) is 15.9 Å². The molecule has 0 atom stereocenters. The SMILES string of the molecule is Cc1ccc(Cl)cc1NC(=O)CN(C)S(=O)(=O)c1ccc(Br)cc1. The molecule has 24 heavy (non-hydrogen) atoms. The third-order valence-electron chi connectivity index (χ3n) is 3.36. The number of anilines is 1. The molecule has 0 unspecified atom stereocenters. The number of amides is 1. The minimum atomic E-state index is -3.74. The Morgan fingerprint density at radius 1 is 1.21 bits per heavy atom. The number of hydrogen-bond donors (Lipinski definition) is 1. The fourth-order valence-corrected chi connectivity index (χ4v) is 3.56. The second kappa shape index (κ2) is 7.65. The van der Waals surface area contributed by atoms with E-state index in [-0.39, 0.29) is 11.4 Å². The van der Waals surface area contributed by atoms with Gasteiger partial charge in [-0.25, -0.2) is 8.42 Å². The summed E-state index contributed by atoms with van der Waals surface area (Å²) in [6.45, 7) is 1.53. The fourth-order valence-electron chi connectivity index (χ4n) is 1.99. The average molecular weight is 432 g/mol. The molecule has 128 valence electrons. The van der Waals surface area contributed by atoms with E-state index in [1.807, 2.05) is 6.92 Å². The van der Waals surface area contributed by atoms with Crippen molar-refractivity contribution >= 4 is 49.1 Å². The van der Waals surface area contributed by atoms with Crippen LogP contribution in [0.5, 0.6) is 0 Å². The summed E-state index contributed by atoms with van der Waals surface area (Å²) in [6, 6.07) is 11.4. The van der Waals surface area contributed by atoms with E-state index in [1.54, 1.807) is 30.3 Å². The molecule has 0 heterocycles. The maximum Gasteiger partial charge on any atom is 0.243 e. The highest BCUT2D eigenvalue weighted by atomic mass is 79.9. The molecule has 0 bridgehead atoms. The van der Waals surface area contributed by atoms with E-state index in [1.165, 1.54) is 19.2 Å². The molecule has 0 spiro atoms. The zero-order chi connectivity index (χ0) is 17.9. The summed E-state index contributed by atoms with van der Waals surface area (Å²) < 4.78 is 26.7. The molecule has 1 N–H and O–H groups in total. The van der Waals surface area contributed by atoms with Crippen molar-refractivity contribution in [2.45, 2.75) is 11.8 Å². The van der Waals surface area contributed by atoms with Gasteiger partial charge in [0.05, 0.1) is 11.4 Å². The lowest BCUT2D eigenvalue weighted by molar-refractivity contribution is -0.116. The number of nitrogens with zero attached hydrogens (tertiary/aromatic N) is 1. The molecular weight excluding hydrogens is 416 g/mol. The number of carbonyl (C=O) groups excluding carboxylic acids is 1. The van der Waals surface area contributed by atoms with Crippen LogP contribution >= 0.6 is 27.5 Å². The molecule has 5 nitrogen and oxygen atoms in total. The van der Waals surface area contributed by atoms with Crippen molar-refractivity contribution in [3.63, 3.8) is 0 Å². The van der Waals surface area contributed by atoms with Gasteiger partial charge < -0.3 is 5.32 Å². The van der Waals surface area contributed by atoms with Gasteiger partial charge in [-0.15, -0.1) is 0 Å². The Kier molecular flexibility index (Phi) is 6.03. The topological polar surface area (TPSA) is 66.5 Å². The lowest BCUT2D eigenvalue weighted by atomic mass is 10.2. The summed E-state index contributed by atoms with van der Waals surface area (Å²) in [5, 5.41) is 3.17. The second-order valence-electron chi connectivity index (χ2n) is 5.22. The van der Waals surface area contributed by atoms with Crippen LogP contribution in [0.25, 0.3) is 0 Å². The molecule has 0 radical (unpaired) electrons. The van der Waals surface area contributed by atoms with Crippen LogP contribution in [0.2, 0.25) is 5.02 Å². The van der Waals surface area contributed by atoms with Gasteiger partial charge in [-0.05, 0) is 48.9 Å². The Hall–Kier alpha value is -1.41. The molecular formula is C16H16BrClN2O3S. The smallest absolute Gasteiger partial charge is 0.243 e. The third kappa shape index (κ3) is 4.57. The van der Waals surface area contributed by atoms with Gasteiger partial charge >= 0.3 is 0 Å². The van der Waals surface area contributed by atoms with Crippen molar-refractivity contribution in [1.82, 2.24) is 4.31 Å². The van der Waals surface area contributed by atoms with E-state index in [4.69, 9.17) is 11.6 Å². The first kappa shape index (κ1) is 18.9. The highest BCUT2D eigenvalue weighted by Crippen LogP contribution is 2.21. The summed E-state index contributed by atoms with van der Waals surface area (Å²) in [7, 11) is -2.37. The van der Waals surface area contributed by atoms with E-state index in [0.29, 0.717) is 10.7 Å². The number of hydrogen-bond acceptors (Lipinski definition) is 3. The van der Waals surface area contributed by atoms with Gasteiger partial charge in [0.25, 0.3) is 0 Å².